The Labute approximate surface area is 138 Å². The van der Waals surface area contributed by atoms with Crippen molar-refractivity contribution in [2.75, 3.05) is 13.2 Å². The molecule has 1 fully saturated rings. The zero-order valence-electron chi connectivity index (χ0n) is 14.2. The van der Waals surface area contributed by atoms with Crippen molar-refractivity contribution in [2.45, 2.75) is 50.7 Å². The summed E-state index contributed by atoms with van der Waals surface area (Å²) in [4.78, 5) is 0. The van der Waals surface area contributed by atoms with Crippen LogP contribution in [0, 0.1) is 0 Å². The predicted octanol–water partition coefficient (Wildman–Crippen LogP) is 3.77. The molecule has 0 amide bonds. The molecule has 1 aliphatic heterocycles. The molecule has 1 aromatic carbocycles. The fraction of sp³-hybridized carbons (Fsp3) is 0.500. The molecule has 1 aliphatic carbocycles. The summed E-state index contributed by atoms with van der Waals surface area (Å²) in [5.74, 6) is 0.883. The van der Waals surface area contributed by atoms with Crippen LogP contribution in [0.25, 0.3) is 0 Å². The average molecular weight is 314 g/mol. The van der Waals surface area contributed by atoms with Crippen LogP contribution < -0.4 is 4.74 Å². The molecule has 1 saturated heterocycles. The summed E-state index contributed by atoms with van der Waals surface area (Å²) in [5, 5.41) is 10.3. The van der Waals surface area contributed by atoms with E-state index in [1.165, 1.54) is 11.1 Å². The Balaban J connectivity index is 1.70. The largest absolute Gasteiger partial charge is 0.491 e. The maximum Gasteiger partial charge on any atom is 0.119 e. The number of epoxide rings is 1. The van der Waals surface area contributed by atoms with E-state index in [1.54, 1.807) is 0 Å². The van der Waals surface area contributed by atoms with E-state index in [2.05, 4.69) is 38.1 Å². The number of allylic oxidation sites excluding steroid dienone is 2. The molecule has 0 aromatic heterocycles. The van der Waals surface area contributed by atoms with Crippen LogP contribution in [0.5, 0.6) is 5.75 Å². The molecule has 0 radical (unpaired) electrons. The van der Waals surface area contributed by atoms with E-state index in [0.29, 0.717) is 13.0 Å². The summed E-state index contributed by atoms with van der Waals surface area (Å²) >= 11 is 0. The Morgan fingerprint density at radius 3 is 2.52 bits per heavy atom. The van der Waals surface area contributed by atoms with Gasteiger partial charge in [-0.25, -0.2) is 0 Å². The van der Waals surface area contributed by atoms with Crippen molar-refractivity contribution in [3.8, 4) is 5.75 Å². The number of rotatable bonds is 6. The minimum Gasteiger partial charge on any atom is -0.491 e. The van der Waals surface area contributed by atoms with Gasteiger partial charge in [0.2, 0.25) is 0 Å². The van der Waals surface area contributed by atoms with Gasteiger partial charge in [0.05, 0.1) is 12.2 Å². The van der Waals surface area contributed by atoms with Crippen molar-refractivity contribution in [3.05, 3.63) is 53.6 Å². The van der Waals surface area contributed by atoms with Crippen LogP contribution >= 0.6 is 0 Å². The smallest absolute Gasteiger partial charge is 0.119 e. The van der Waals surface area contributed by atoms with E-state index in [1.807, 2.05) is 25.1 Å². The van der Waals surface area contributed by atoms with E-state index in [4.69, 9.17) is 9.47 Å². The fourth-order valence-electron chi connectivity index (χ4n) is 2.88. The van der Waals surface area contributed by atoms with Crippen LogP contribution in [0.3, 0.4) is 0 Å². The van der Waals surface area contributed by atoms with Gasteiger partial charge in [0.15, 0.2) is 0 Å². The lowest BCUT2D eigenvalue weighted by atomic mass is 9.74. The molecule has 1 heterocycles. The van der Waals surface area contributed by atoms with E-state index in [9.17, 15) is 5.11 Å². The van der Waals surface area contributed by atoms with Crippen molar-refractivity contribution in [1.82, 2.24) is 0 Å². The Morgan fingerprint density at radius 2 is 2.00 bits per heavy atom. The van der Waals surface area contributed by atoms with E-state index >= 15 is 0 Å². The lowest BCUT2D eigenvalue weighted by Crippen LogP contribution is -2.29. The average Bonchev–Trinajstić information content (AvgIpc) is 3.38. The van der Waals surface area contributed by atoms with Crippen LogP contribution in [0.4, 0.5) is 0 Å². The highest BCUT2D eigenvalue weighted by molar-refractivity contribution is 5.44. The van der Waals surface area contributed by atoms with Crippen LogP contribution in [0.1, 0.15) is 39.2 Å². The highest BCUT2D eigenvalue weighted by Gasteiger charge is 2.30. The van der Waals surface area contributed by atoms with Gasteiger partial charge in [-0.2, -0.15) is 0 Å². The quantitative estimate of drug-likeness (QED) is 0.813. The molecule has 124 valence electrons. The highest BCUT2D eigenvalue weighted by atomic mass is 16.6. The molecule has 2 atom stereocenters. The molecule has 0 saturated carbocycles. The maximum absolute atomic E-state index is 10.3. The Hall–Kier alpha value is -1.58. The Bertz CT molecular complexity index is 608. The van der Waals surface area contributed by atoms with Gasteiger partial charge in [0, 0.05) is 5.41 Å². The molecule has 3 nitrogen and oxygen atoms in total. The second-order valence-electron chi connectivity index (χ2n) is 7.07. The van der Waals surface area contributed by atoms with Gasteiger partial charge >= 0.3 is 0 Å². The molecule has 3 rings (SSSR count). The molecule has 1 N–H and O–H groups in total. The molecule has 2 aliphatic rings. The first-order chi connectivity index (χ1) is 10.9. The number of aliphatic hydroxyl groups is 1. The van der Waals surface area contributed by atoms with Crippen molar-refractivity contribution in [3.63, 3.8) is 0 Å². The fourth-order valence-corrected chi connectivity index (χ4v) is 2.88. The van der Waals surface area contributed by atoms with Crippen LogP contribution in [0.15, 0.2) is 48.1 Å². The van der Waals surface area contributed by atoms with Gasteiger partial charge in [0.25, 0.3) is 0 Å². The minimum absolute atomic E-state index is 0.0935. The SMILES string of the molecule is CCC1(O)C=CC(C(C)(C)c2ccc(OCC3CO3)cc2)=CC1. The monoisotopic (exact) mass is 314 g/mol. The zero-order chi connectivity index (χ0) is 16.5. The van der Waals surface area contributed by atoms with Crippen molar-refractivity contribution in [2.24, 2.45) is 0 Å². The van der Waals surface area contributed by atoms with Crippen molar-refractivity contribution < 1.29 is 14.6 Å². The van der Waals surface area contributed by atoms with Gasteiger partial charge in [0.1, 0.15) is 18.5 Å². The van der Waals surface area contributed by atoms with Gasteiger partial charge in [-0.05, 0) is 36.1 Å². The topological polar surface area (TPSA) is 42.0 Å². The first-order valence-corrected chi connectivity index (χ1v) is 8.40. The first kappa shape index (κ1) is 16.3. The molecule has 23 heavy (non-hydrogen) atoms. The maximum atomic E-state index is 10.3. The molecule has 0 spiro atoms. The van der Waals surface area contributed by atoms with E-state index in [-0.39, 0.29) is 11.5 Å². The zero-order valence-corrected chi connectivity index (χ0v) is 14.2. The third kappa shape index (κ3) is 3.67. The molecule has 2 unspecified atom stereocenters. The number of hydrogen-bond donors (Lipinski definition) is 1. The second kappa shape index (κ2) is 6.14. The third-order valence-corrected chi connectivity index (χ3v) is 5.00. The van der Waals surface area contributed by atoms with E-state index < -0.39 is 5.60 Å². The minimum atomic E-state index is -0.678. The molecule has 0 bridgehead atoms. The molecular weight excluding hydrogens is 288 g/mol. The predicted molar refractivity (Wildman–Crippen MR) is 91.8 cm³/mol. The van der Waals surface area contributed by atoms with E-state index in [0.717, 1.165) is 18.8 Å². The summed E-state index contributed by atoms with van der Waals surface area (Å²) in [5.41, 5.74) is 1.72. The molecular formula is C20H26O3. The standard InChI is InChI=1S/C20H26O3/c1-4-20(21)11-9-16(10-12-20)19(2,3)15-5-7-17(8-6-15)22-13-18-14-23-18/h5-11,18,21H,4,12-14H2,1-3H3. The lowest BCUT2D eigenvalue weighted by Gasteiger charge is -2.32. The first-order valence-electron chi connectivity index (χ1n) is 8.40. The summed E-state index contributed by atoms with van der Waals surface area (Å²) in [7, 11) is 0. The van der Waals surface area contributed by atoms with Gasteiger partial charge in [-0.3, -0.25) is 0 Å². The summed E-state index contributed by atoms with van der Waals surface area (Å²) in [6.45, 7) is 7.89. The van der Waals surface area contributed by atoms with Gasteiger partial charge < -0.3 is 14.6 Å². The van der Waals surface area contributed by atoms with Gasteiger partial charge in [-0.15, -0.1) is 0 Å². The van der Waals surface area contributed by atoms with Gasteiger partial charge in [-0.1, -0.05) is 51.1 Å². The number of hydrogen-bond acceptors (Lipinski definition) is 3. The molecule has 3 heteroatoms. The van der Waals surface area contributed by atoms with Crippen molar-refractivity contribution >= 4 is 0 Å². The van der Waals surface area contributed by atoms with Crippen molar-refractivity contribution in [1.29, 1.82) is 0 Å². The third-order valence-electron chi connectivity index (χ3n) is 5.00. The summed E-state index contributed by atoms with van der Waals surface area (Å²) in [6, 6.07) is 8.29. The second-order valence-corrected chi connectivity index (χ2v) is 7.07. The molecule has 1 aromatic rings. The Morgan fingerprint density at radius 1 is 1.30 bits per heavy atom. The van der Waals surface area contributed by atoms with Crippen LogP contribution in [0.2, 0.25) is 0 Å². The normalized spacial score (nSPS) is 26.8. The number of ether oxygens (including phenoxy) is 2. The Kier molecular flexibility index (Phi) is 4.35. The number of benzene rings is 1. The highest BCUT2D eigenvalue weighted by Crippen LogP contribution is 2.37. The summed E-state index contributed by atoms with van der Waals surface area (Å²) in [6.07, 6.45) is 7.88. The van der Waals surface area contributed by atoms with Crippen LogP contribution in [-0.4, -0.2) is 30.0 Å². The van der Waals surface area contributed by atoms with Crippen LogP contribution in [-0.2, 0) is 10.2 Å². The summed E-state index contributed by atoms with van der Waals surface area (Å²) < 4.78 is 10.9. The lowest BCUT2D eigenvalue weighted by molar-refractivity contribution is 0.0881.